The van der Waals surface area contributed by atoms with Crippen LogP contribution in [0.25, 0.3) is 0 Å². The Kier molecular flexibility index (Phi) is 4.80. The molecule has 0 aromatic rings. The molecule has 0 aromatic heterocycles. The molecule has 1 saturated heterocycles. The monoisotopic (exact) mass is 252 g/mol. The number of nitrogens with zero attached hydrogens (tertiary/aromatic N) is 1. The van der Waals surface area contributed by atoms with Crippen molar-refractivity contribution in [2.45, 2.75) is 38.9 Å². The maximum Gasteiger partial charge on any atom is 0.401 e. The SMILES string of the molecule is CC(C)C(=O)NC1CCN(CC(F)(F)F)CC1. The summed E-state index contributed by atoms with van der Waals surface area (Å²) in [6.45, 7) is 3.53. The second-order valence-corrected chi connectivity index (χ2v) is 4.83. The summed E-state index contributed by atoms with van der Waals surface area (Å²) in [6, 6.07) is 0.0226. The number of halogens is 3. The second kappa shape index (κ2) is 5.71. The third-order valence-corrected chi connectivity index (χ3v) is 2.86. The van der Waals surface area contributed by atoms with E-state index >= 15 is 0 Å². The molecule has 0 spiro atoms. The number of carbonyl (C=O) groups is 1. The van der Waals surface area contributed by atoms with Crippen LogP contribution in [0.1, 0.15) is 26.7 Å². The van der Waals surface area contributed by atoms with Crippen molar-refractivity contribution in [1.82, 2.24) is 10.2 Å². The van der Waals surface area contributed by atoms with Crippen molar-refractivity contribution in [1.29, 1.82) is 0 Å². The number of rotatable bonds is 3. The lowest BCUT2D eigenvalue weighted by Crippen LogP contribution is -2.47. The van der Waals surface area contributed by atoms with Gasteiger partial charge in [-0.05, 0) is 12.8 Å². The maximum atomic E-state index is 12.1. The molecule has 1 amide bonds. The number of alkyl halides is 3. The van der Waals surface area contributed by atoms with E-state index in [9.17, 15) is 18.0 Å². The van der Waals surface area contributed by atoms with Gasteiger partial charge in [-0.25, -0.2) is 0 Å². The molecule has 0 unspecified atom stereocenters. The molecule has 3 nitrogen and oxygen atoms in total. The lowest BCUT2D eigenvalue weighted by molar-refractivity contribution is -0.148. The molecule has 1 N–H and O–H groups in total. The van der Waals surface area contributed by atoms with Crippen LogP contribution in [0.4, 0.5) is 13.2 Å². The van der Waals surface area contributed by atoms with Crippen LogP contribution in [0, 0.1) is 5.92 Å². The first-order valence-corrected chi connectivity index (χ1v) is 5.87. The average Bonchev–Trinajstić information content (AvgIpc) is 2.18. The van der Waals surface area contributed by atoms with Gasteiger partial charge in [-0.2, -0.15) is 13.2 Å². The predicted molar refractivity (Wildman–Crippen MR) is 58.5 cm³/mol. The van der Waals surface area contributed by atoms with Crippen molar-refractivity contribution in [3.63, 3.8) is 0 Å². The van der Waals surface area contributed by atoms with Gasteiger partial charge < -0.3 is 5.32 Å². The fourth-order valence-electron chi connectivity index (χ4n) is 1.86. The first-order valence-electron chi connectivity index (χ1n) is 5.87. The first kappa shape index (κ1) is 14.3. The number of carbonyl (C=O) groups excluding carboxylic acids is 1. The van der Waals surface area contributed by atoms with Crippen molar-refractivity contribution >= 4 is 5.91 Å². The Morgan fingerprint density at radius 1 is 1.35 bits per heavy atom. The van der Waals surface area contributed by atoms with Gasteiger partial charge >= 0.3 is 6.18 Å². The zero-order chi connectivity index (χ0) is 13.1. The lowest BCUT2D eigenvalue weighted by atomic mass is 10.0. The molecule has 1 fully saturated rings. The van der Waals surface area contributed by atoms with E-state index in [4.69, 9.17) is 0 Å². The van der Waals surface area contributed by atoms with E-state index in [1.54, 1.807) is 13.8 Å². The van der Waals surface area contributed by atoms with Gasteiger partial charge in [0.25, 0.3) is 0 Å². The van der Waals surface area contributed by atoms with E-state index in [1.165, 1.54) is 4.90 Å². The minimum Gasteiger partial charge on any atom is -0.353 e. The average molecular weight is 252 g/mol. The summed E-state index contributed by atoms with van der Waals surface area (Å²) < 4.78 is 36.4. The molecule has 100 valence electrons. The van der Waals surface area contributed by atoms with E-state index < -0.39 is 12.7 Å². The molecule has 1 aliphatic rings. The number of piperidine rings is 1. The van der Waals surface area contributed by atoms with Gasteiger partial charge in [0, 0.05) is 25.0 Å². The molecule has 6 heteroatoms. The molecule has 1 rings (SSSR count). The zero-order valence-corrected chi connectivity index (χ0v) is 10.2. The summed E-state index contributed by atoms with van der Waals surface area (Å²) in [5.41, 5.74) is 0. The van der Waals surface area contributed by atoms with E-state index in [2.05, 4.69) is 5.32 Å². The Balaban J connectivity index is 2.29. The highest BCUT2D eigenvalue weighted by atomic mass is 19.4. The van der Waals surface area contributed by atoms with Gasteiger partial charge in [0.1, 0.15) is 0 Å². The van der Waals surface area contributed by atoms with Crippen molar-refractivity contribution in [2.24, 2.45) is 5.92 Å². The Labute approximate surface area is 99.4 Å². The van der Waals surface area contributed by atoms with Gasteiger partial charge in [-0.15, -0.1) is 0 Å². The third-order valence-electron chi connectivity index (χ3n) is 2.86. The van der Waals surface area contributed by atoms with E-state index in [0.29, 0.717) is 25.9 Å². The summed E-state index contributed by atoms with van der Waals surface area (Å²) in [6.07, 6.45) is -2.95. The summed E-state index contributed by atoms with van der Waals surface area (Å²) in [5, 5.41) is 2.85. The normalized spacial score (nSPS) is 19.6. The Bertz CT molecular complexity index is 258. The Morgan fingerprint density at radius 2 is 1.88 bits per heavy atom. The van der Waals surface area contributed by atoms with Gasteiger partial charge in [-0.1, -0.05) is 13.8 Å². The topological polar surface area (TPSA) is 32.3 Å². The molecule has 1 heterocycles. The molecular formula is C11H19F3N2O. The number of hydrogen-bond donors (Lipinski definition) is 1. The molecule has 1 aliphatic heterocycles. The Morgan fingerprint density at radius 3 is 2.29 bits per heavy atom. The van der Waals surface area contributed by atoms with Crippen molar-refractivity contribution in [3.8, 4) is 0 Å². The van der Waals surface area contributed by atoms with Crippen molar-refractivity contribution in [3.05, 3.63) is 0 Å². The van der Waals surface area contributed by atoms with Crippen LogP contribution in [0.5, 0.6) is 0 Å². The fraction of sp³-hybridized carbons (Fsp3) is 0.909. The highest BCUT2D eigenvalue weighted by Gasteiger charge is 2.32. The highest BCUT2D eigenvalue weighted by Crippen LogP contribution is 2.19. The molecule has 0 atom stereocenters. The van der Waals surface area contributed by atoms with E-state index in [0.717, 1.165) is 0 Å². The van der Waals surface area contributed by atoms with E-state index in [-0.39, 0.29) is 17.9 Å². The quantitative estimate of drug-likeness (QED) is 0.830. The molecule has 0 aromatic carbocycles. The van der Waals surface area contributed by atoms with Crippen LogP contribution in [0.15, 0.2) is 0 Å². The van der Waals surface area contributed by atoms with E-state index in [1.807, 2.05) is 0 Å². The van der Waals surface area contributed by atoms with Gasteiger partial charge in [-0.3, -0.25) is 9.69 Å². The molecule has 0 saturated carbocycles. The largest absolute Gasteiger partial charge is 0.401 e. The minimum absolute atomic E-state index is 0.0226. The number of nitrogens with one attached hydrogen (secondary N) is 1. The standard InChI is InChI=1S/C11H19F3N2O/c1-8(2)10(17)15-9-3-5-16(6-4-9)7-11(12,13)14/h8-9H,3-7H2,1-2H3,(H,15,17). The lowest BCUT2D eigenvalue weighted by Gasteiger charge is -2.33. The smallest absolute Gasteiger partial charge is 0.353 e. The van der Waals surface area contributed by atoms with Crippen LogP contribution >= 0.6 is 0 Å². The highest BCUT2D eigenvalue weighted by molar-refractivity contribution is 5.78. The van der Waals surface area contributed by atoms with Gasteiger partial charge in [0.2, 0.25) is 5.91 Å². The second-order valence-electron chi connectivity index (χ2n) is 4.83. The summed E-state index contributed by atoms with van der Waals surface area (Å²) in [4.78, 5) is 12.8. The summed E-state index contributed by atoms with van der Waals surface area (Å²) in [5.74, 6) is -0.109. The predicted octanol–water partition coefficient (Wildman–Crippen LogP) is 1.79. The number of hydrogen-bond acceptors (Lipinski definition) is 2. The van der Waals surface area contributed by atoms with Crippen LogP contribution in [0.3, 0.4) is 0 Å². The van der Waals surface area contributed by atoms with Gasteiger partial charge in [0.05, 0.1) is 6.54 Å². The molecule has 0 bridgehead atoms. The number of likely N-dealkylation sites (tertiary alicyclic amines) is 1. The number of amides is 1. The van der Waals surface area contributed by atoms with Crippen LogP contribution in [-0.2, 0) is 4.79 Å². The van der Waals surface area contributed by atoms with Crippen LogP contribution in [0.2, 0.25) is 0 Å². The fourth-order valence-corrected chi connectivity index (χ4v) is 1.86. The van der Waals surface area contributed by atoms with Gasteiger partial charge in [0.15, 0.2) is 0 Å². The van der Waals surface area contributed by atoms with Crippen molar-refractivity contribution in [2.75, 3.05) is 19.6 Å². The van der Waals surface area contributed by atoms with Crippen molar-refractivity contribution < 1.29 is 18.0 Å². The summed E-state index contributed by atoms with van der Waals surface area (Å²) >= 11 is 0. The Hall–Kier alpha value is -0.780. The molecular weight excluding hydrogens is 233 g/mol. The molecule has 0 aliphatic carbocycles. The van der Waals surface area contributed by atoms with Crippen LogP contribution < -0.4 is 5.32 Å². The molecule has 17 heavy (non-hydrogen) atoms. The maximum absolute atomic E-state index is 12.1. The first-order chi connectivity index (χ1) is 7.78. The van der Waals surface area contributed by atoms with Crippen LogP contribution in [-0.4, -0.2) is 42.7 Å². The third kappa shape index (κ3) is 5.39. The minimum atomic E-state index is -4.13. The molecule has 0 radical (unpaired) electrons. The summed E-state index contributed by atoms with van der Waals surface area (Å²) in [7, 11) is 0. The zero-order valence-electron chi connectivity index (χ0n) is 10.2.